The van der Waals surface area contributed by atoms with Crippen molar-refractivity contribution in [1.29, 1.82) is 0 Å². The average molecular weight is 261 g/mol. The van der Waals surface area contributed by atoms with E-state index in [9.17, 15) is 4.79 Å². The number of anilines is 1. The summed E-state index contributed by atoms with van der Waals surface area (Å²) < 4.78 is 15.8. The number of hydrogen-bond acceptors (Lipinski definition) is 6. The van der Waals surface area contributed by atoms with Crippen LogP contribution < -0.4 is 14.8 Å². The van der Waals surface area contributed by atoms with E-state index in [-0.39, 0.29) is 18.7 Å². The van der Waals surface area contributed by atoms with Crippen molar-refractivity contribution in [2.75, 3.05) is 12.1 Å². The highest BCUT2D eigenvalue weighted by Gasteiger charge is 2.14. The van der Waals surface area contributed by atoms with Gasteiger partial charge >= 0.3 is 6.01 Å². The largest absolute Gasteiger partial charge is 0.454 e. The van der Waals surface area contributed by atoms with E-state index in [1.165, 1.54) is 6.92 Å². The highest BCUT2D eigenvalue weighted by Crippen LogP contribution is 2.33. The topological polar surface area (TPSA) is 86.5 Å². The van der Waals surface area contributed by atoms with Gasteiger partial charge in [-0.3, -0.25) is 10.1 Å². The second kappa shape index (κ2) is 4.60. The summed E-state index contributed by atoms with van der Waals surface area (Å²) in [5.74, 6) is 1.60. The van der Waals surface area contributed by atoms with Crippen molar-refractivity contribution in [2.24, 2.45) is 0 Å². The molecular formula is C12H11N3O4. The maximum atomic E-state index is 10.8. The van der Waals surface area contributed by atoms with E-state index in [1.807, 2.05) is 18.2 Å². The zero-order valence-corrected chi connectivity index (χ0v) is 10.2. The predicted molar refractivity (Wildman–Crippen MR) is 64.0 cm³/mol. The molecule has 0 unspecified atom stereocenters. The van der Waals surface area contributed by atoms with Gasteiger partial charge in [-0.2, -0.15) is 0 Å². The second-order valence-electron chi connectivity index (χ2n) is 4.05. The monoisotopic (exact) mass is 261 g/mol. The van der Waals surface area contributed by atoms with E-state index in [4.69, 9.17) is 13.9 Å². The van der Waals surface area contributed by atoms with Crippen LogP contribution in [0.4, 0.5) is 6.01 Å². The van der Waals surface area contributed by atoms with Crippen LogP contribution in [0.3, 0.4) is 0 Å². The Balaban J connectivity index is 1.74. The van der Waals surface area contributed by atoms with Gasteiger partial charge in [0.2, 0.25) is 18.6 Å². The second-order valence-corrected chi connectivity index (χ2v) is 4.05. The maximum absolute atomic E-state index is 10.8. The molecular weight excluding hydrogens is 250 g/mol. The van der Waals surface area contributed by atoms with Crippen molar-refractivity contribution >= 4 is 11.9 Å². The molecule has 1 aliphatic heterocycles. The van der Waals surface area contributed by atoms with Crippen LogP contribution in [0.15, 0.2) is 22.6 Å². The zero-order chi connectivity index (χ0) is 13.2. The van der Waals surface area contributed by atoms with Crippen molar-refractivity contribution in [3.63, 3.8) is 0 Å². The summed E-state index contributed by atoms with van der Waals surface area (Å²) in [5, 5.41) is 10.0. The minimum Gasteiger partial charge on any atom is -0.454 e. The minimum atomic E-state index is -0.252. The molecule has 7 heteroatoms. The Labute approximate surface area is 108 Å². The molecule has 0 atom stereocenters. The molecule has 2 heterocycles. The molecule has 0 saturated carbocycles. The fourth-order valence-corrected chi connectivity index (χ4v) is 1.75. The fourth-order valence-electron chi connectivity index (χ4n) is 1.75. The third kappa shape index (κ3) is 2.49. The SMILES string of the molecule is CC(=O)Nc1nnc(Cc2ccc3c(c2)OCO3)o1. The molecule has 19 heavy (non-hydrogen) atoms. The van der Waals surface area contributed by atoms with Crippen molar-refractivity contribution in [3.05, 3.63) is 29.7 Å². The van der Waals surface area contributed by atoms with Crippen LogP contribution in [0.2, 0.25) is 0 Å². The lowest BCUT2D eigenvalue weighted by Crippen LogP contribution is -2.05. The normalized spacial score (nSPS) is 12.5. The highest BCUT2D eigenvalue weighted by molar-refractivity contribution is 5.86. The van der Waals surface area contributed by atoms with Crippen molar-refractivity contribution < 1.29 is 18.7 Å². The standard InChI is InChI=1S/C12H11N3O4/c1-7(16)13-12-15-14-11(19-12)5-8-2-3-9-10(4-8)18-6-17-9/h2-4H,5-6H2,1H3,(H,13,15,16). The van der Waals surface area contributed by atoms with Gasteiger partial charge in [0.1, 0.15) is 0 Å². The van der Waals surface area contributed by atoms with E-state index in [0.29, 0.717) is 18.1 Å². The van der Waals surface area contributed by atoms with Crippen molar-refractivity contribution in [1.82, 2.24) is 10.2 Å². The summed E-state index contributed by atoms with van der Waals surface area (Å²) in [4.78, 5) is 10.8. The number of nitrogens with zero attached hydrogens (tertiary/aromatic N) is 2. The Bertz CT molecular complexity index is 623. The van der Waals surface area contributed by atoms with Gasteiger partial charge in [-0.25, -0.2) is 0 Å². The lowest BCUT2D eigenvalue weighted by Gasteiger charge is -1.99. The van der Waals surface area contributed by atoms with Crippen molar-refractivity contribution in [2.45, 2.75) is 13.3 Å². The van der Waals surface area contributed by atoms with E-state index < -0.39 is 0 Å². The number of ether oxygens (including phenoxy) is 2. The molecule has 0 saturated heterocycles. The third-order valence-corrected chi connectivity index (χ3v) is 2.54. The molecule has 0 radical (unpaired) electrons. The molecule has 98 valence electrons. The summed E-state index contributed by atoms with van der Waals surface area (Å²) in [6, 6.07) is 5.70. The summed E-state index contributed by atoms with van der Waals surface area (Å²) in [6.07, 6.45) is 0.462. The molecule has 3 rings (SSSR count). The van der Waals surface area contributed by atoms with Gasteiger partial charge in [-0.05, 0) is 17.7 Å². The Hall–Kier alpha value is -2.57. The zero-order valence-electron chi connectivity index (χ0n) is 10.2. The van der Waals surface area contributed by atoms with Crippen LogP contribution in [-0.2, 0) is 11.2 Å². The Morgan fingerprint density at radius 3 is 3.00 bits per heavy atom. The van der Waals surface area contributed by atoms with Crippen LogP contribution in [0.1, 0.15) is 18.4 Å². The van der Waals surface area contributed by atoms with E-state index >= 15 is 0 Å². The number of nitrogens with one attached hydrogen (secondary N) is 1. The molecule has 0 spiro atoms. The number of benzene rings is 1. The molecule has 0 aliphatic carbocycles. The molecule has 2 aromatic rings. The number of fused-ring (bicyclic) bond motifs is 1. The van der Waals surface area contributed by atoms with E-state index in [1.54, 1.807) is 0 Å². The van der Waals surface area contributed by atoms with Crippen LogP contribution >= 0.6 is 0 Å². The van der Waals surface area contributed by atoms with Gasteiger partial charge in [0.25, 0.3) is 0 Å². The number of aromatic nitrogens is 2. The van der Waals surface area contributed by atoms with Crippen molar-refractivity contribution in [3.8, 4) is 11.5 Å². The summed E-state index contributed by atoms with van der Waals surface area (Å²) in [7, 11) is 0. The highest BCUT2D eigenvalue weighted by atomic mass is 16.7. The van der Waals surface area contributed by atoms with Gasteiger partial charge in [-0.1, -0.05) is 11.2 Å². The number of hydrogen-bond donors (Lipinski definition) is 1. The van der Waals surface area contributed by atoms with Gasteiger partial charge in [0.05, 0.1) is 6.42 Å². The molecule has 1 aromatic carbocycles. The van der Waals surface area contributed by atoms with Gasteiger partial charge in [0, 0.05) is 6.92 Å². The fraction of sp³-hybridized carbons (Fsp3) is 0.250. The molecule has 1 N–H and O–H groups in total. The van der Waals surface area contributed by atoms with Crippen LogP contribution in [0.25, 0.3) is 0 Å². The Morgan fingerprint density at radius 2 is 2.16 bits per heavy atom. The van der Waals surface area contributed by atoms with Gasteiger partial charge in [0.15, 0.2) is 11.5 Å². The summed E-state index contributed by atoms with van der Waals surface area (Å²) >= 11 is 0. The summed E-state index contributed by atoms with van der Waals surface area (Å²) in [6.45, 7) is 1.62. The molecule has 1 amide bonds. The first-order valence-corrected chi connectivity index (χ1v) is 5.69. The van der Waals surface area contributed by atoms with Crippen LogP contribution in [0, 0.1) is 0 Å². The first kappa shape index (κ1) is 11.5. The van der Waals surface area contributed by atoms with E-state index in [0.717, 1.165) is 11.3 Å². The molecule has 1 aliphatic rings. The van der Waals surface area contributed by atoms with Crippen LogP contribution in [0.5, 0.6) is 11.5 Å². The minimum absolute atomic E-state index is 0.100. The molecule has 0 bridgehead atoms. The lowest BCUT2D eigenvalue weighted by molar-refractivity contribution is -0.114. The number of carbonyl (C=O) groups is 1. The number of carbonyl (C=O) groups excluding carboxylic acids is 1. The van der Waals surface area contributed by atoms with Gasteiger partial charge < -0.3 is 13.9 Å². The quantitative estimate of drug-likeness (QED) is 0.897. The lowest BCUT2D eigenvalue weighted by atomic mass is 10.1. The maximum Gasteiger partial charge on any atom is 0.322 e. The Morgan fingerprint density at radius 1 is 1.32 bits per heavy atom. The molecule has 1 aromatic heterocycles. The van der Waals surface area contributed by atoms with Crippen LogP contribution in [-0.4, -0.2) is 22.9 Å². The number of amides is 1. The molecule has 0 fully saturated rings. The first-order valence-electron chi connectivity index (χ1n) is 5.69. The van der Waals surface area contributed by atoms with Gasteiger partial charge in [-0.15, -0.1) is 5.10 Å². The average Bonchev–Trinajstić information content (AvgIpc) is 2.97. The third-order valence-electron chi connectivity index (χ3n) is 2.54. The molecule has 7 nitrogen and oxygen atoms in total. The number of rotatable bonds is 3. The smallest absolute Gasteiger partial charge is 0.322 e. The first-order chi connectivity index (χ1) is 9.20. The summed E-state index contributed by atoms with van der Waals surface area (Å²) in [5.41, 5.74) is 0.960. The van der Waals surface area contributed by atoms with E-state index in [2.05, 4.69) is 15.5 Å². The Kier molecular flexibility index (Phi) is 2.79. The predicted octanol–water partition coefficient (Wildman–Crippen LogP) is 1.35.